The van der Waals surface area contributed by atoms with Crippen molar-refractivity contribution in [2.75, 3.05) is 11.9 Å². The van der Waals surface area contributed by atoms with Crippen molar-refractivity contribution < 1.29 is 0 Å². The lowest BCUT2D eigenvalue weighted by molar-refractivity contribution is 0.240. The number of aromatic nitrogens is 1. The molecule has 0 amide bonds. The van der Waals surface area contributed by atoms with E-state index < -0.39 is 0 Å². The molecule has 0 N–H and O–H groups in total. The number of fused-ring (bicyclic) bond motifs is 1. The molecule has 1 aliphatic carbocycles. The molecule has 0 radical (unpaired) electrons. The lowest BCUT2D eigenvalue weighted by atomic mass is 9.69. The van der Waals surface area contributed by atoms with Crippen LogP contribution in [0.25, 0.3) is 10.9 Å². The zero-order chi connectivity index (χ0) is 16.7. The minimum atomic E-state index is 0.0391. The zero-order valence-corrected chi connectivity index (χ0v) is 14.8. The van der Waals surface area contributed by atoms with Gasteiger partial charge in [-0.05, 0) is 61.6 Å². The van der Waals surface area contributed by atoms with Crippen LogP contribution in [0, 0.1) is 6.92 Å². The number of nitrogens with zero attached hydrogens (tertiary/aromatic N) is 2. The third-order valence-electron chi connectivity index (χ3n) is 5.57. The van der Waals surface area contributed by atoms with Crippen LogP contribution in [0.2, 0.25) is 5.02 Å². The van der Waals surface area contributed by atoms with E-state index in [9.17, 15) is 0 Å². The Morgan fingerprint density at radius 1 is 1.08 bits per heavy atom. The van der Waals surface area contributed by atoms with Crippen LogP contribution < -0.4 is 4.90 Å². The van der Waals surface area contributed by atoms with Gasteiger partial charge in [0.15, 0.2) is 0 Å². The van der Waals surface area contributed by atoms with Gasteiger partial charge in [-0.1, -0.05) is 35.9 Å². The summed E-state index contributed by atoms with van der Waals surface area (Å²) in [5.41, 5.74) is 4.84. The molecule has 0 unspecified atom stereocenters. The Morgan fingerprint density at radius 2 is 1.92 bits per heavy atom. The largest absolute Gasteiger partial charge is 0.365 e. The van der Waals surface area contributed by atoms with Gasteiger partial charge in [-0.2, -0.15) is 0 Å². The van der Waals surface area contributed by atoms with Crippen LogP contribution in [0.15, 0.2) is 54.7 Å². The Kier molecular flexibility index (Phi) is 3.73. The summed E-state index contributed by atoms with van der Waals surface area (Å²) in [4.78, 5) is 6.93. The first-order chi connectivity index (χ1) is 11.6. The lowest BCUT2D eigenvalue weighted by Gasteiger charge is -2.51. The number of benzene rings is 2. The molecular formula is C21H21ClN2. The second kappa shape index (κ2) is 5.78. The van der Waals surface area contributed by atoms with Crippen molar-refractivity contribution in [3.63, 3.8) is 0 Å². The second-order valence-corrected chi connectivity index (χ2v) is 7.14. The molecule has 1 aliphatic rings. The molecule has 1 aromatic heterocycles. The van der Waals surface area contributed by atoms with Crippen LogP contribution in [-0.4, -0.2) is 12.0 Å². The van der Waals surface area contributed by atoms with E-state index in [0.717, 1.165) is 23.4 Å². The highest BCUT2D eigenvalue weighted by molar-refractivity contribution is 6.31. The minimum absolute atomic E-state index is 0.0391. The molecule has 0 bridgehead atoms. The quantitative estimate of drug-likeness (QED) is 0.608. The van der Waals surface area contributed by atoms with E-state index in [2.05, 4.69) is 60.3 Å². The van der Waals surface area contributed by atoms with Crippen molar-refractivity contribution in [1.82, 2.24) is 4.98 Å². The van der Waals surface area contributed by atoms with Gasteiger partial charge >= 0.3 is 0 Å². The molecule has 0 atom stereocenters. The van der Waals surface area contributed by atoms with Gasteiger partial charge in [0.25, 0.3) is 0 Å². The van der Waals surface area contributed by atoms with Crippen LogP contribution >= 0.6 is 11.6 Å². The van der Waals surface area contributed by atoms with Crippen LogP contribution in [-0.2, 0) is 5.54 Å². The molecule has 0 spiro atoms. The number of anilines is 1. The van der Waals surface area contributed by atoms with Crippen LogP contribution in [0.1, 0.15) is 30.4 Å². The Labute approximate surface area is 148 Å². The van der Waals surface area contributed by atoms with Crippen LogP contribution in [0.5, 0.6) is 0 Å². The van der Waals surface area contributed by atoms with Gasteiger partial charge in [0.1, 0.15) is 0 Å². The van der Waals surface area contributed by atoms with Crippen LogP contribution in [0.4, 0.5) is 5.69 Å². The van der Waals surface area contributed by atoms with Crippen molar-refractivity contribution >= 4 is 28.2 Å². The lowest BCUT2D eigenvalue weighted by Crippen LogP contribution is -2.49. The third-order valence-corrected chi connectivity index (χ3v) is 5.98. The molecule has 3 heteroatoms. The van der Waals surface area contributed by atoms with E-state index in [1.54, 1.807) is 0 Å². The predicted octanol–water partition coefficient (Wildman–Crippen LogP) is 5.71. The molecule has 4 rings (SSSR count). The number of hydrogen-bond acceptors (Lipinski definition) is 2. The van der Waals surface area contributed by atoms with Gasteiger partial charge in [0, 0.05) is 29.3 Å². The normalized spacial score (nSPS) is 16.0. The summed E-state index contributed by atoms with van der Waals surface area (Å²) in [6.07, 6.45) is 5.42. The fourth-order valence-electron chi connectivity index (χ4n) is 3.92. The highest BCUT2D eigenvalue weighted by atomic mass is 35.5. The molecule has 1 fully saturated rings. The Balaban J connectivity index is 1.80. The molecule has 0 saturated heterocycles. The summed E-state index contributed by atoms with van der Waals surface area (Å²) in [6.45, 7) is 2.13. The molecule has 1 saturated carbocycles. The molecular weight excluding hydrogens is 316 g/mol. The van der Waals surface area contributed by atoms with Gasteiger partial charge in [0.2, 0.25) is 0 Å². The average molecular weight is 337 g/mol. The van der Waals surface area contributed by atoms with Crippen molar-refractivity contribution in [3.05, 3.63) is 70.9 Å². The molecule has 122 valence electrons. The standard InChI is InChI=1S/C21H21ClN2/c1-15-18(7-3-8-19(15)22)21(11-5-12-21)24(2)17-10-9-16-6-4-13-23-20(16)14-17/h3-4,6-10,13-14H,5,11-12H2,1-2H3. The maximum absolute atomic E-state index is 6.40. The number of pyridine rings is 1. The van der Waals surface area contributed by atoms with Crippen molar-refractivity contribution in [1.29, 1.82) is 0 Å². The van der Waals surface area contributed by atoms with E-state index in [-0.39, 0.29) is 5.54 Å². The summed E-state index contributed by atoms with van der Waals surface area (Å²) < 4.78 is 0. The molecule has 2 aromatic carbocycles. The summed E-state index contributed by atoms with van der Waals surface area (Å²) in [6, 6.07) is 16.9. The summed E-state index contributed by atoms with van der Waals surface area (Å²) >= 11 is 6.40. The second-order valence-electron chi connectivity index (χ2n) is 6.74. The smallest absolute Gasteiger partial charge is 0.0722 e. The third kappa shape index (κ3) is 2.29. The topological polar surface area (TPSA) is 16.1 Å². The molecule has 3 aromatic rings. The van der Waals surface area contributed by atoms with Gasteiger partial charge in [-0.25, -0.2) is 0 Å². The Bertz CT molecular complexity index is 899. The number of hydrogen-bond donors (Lipinski definition) is 0. The van der Waals surface area contributed by atoms with Gasteiger partial charge < -0.3 is 4.90 Å². The number of rotatable bonds is 3. The van der Waals surface area contributed by atoms with Crippen LogP contribution in [0.3, 0.4) is 0 Å². The zero-order valence-electron chi connectivity index (χ0n) is 14.1. The maximum atomic E-state index is 6.40. The van der Waals surface area contributed by atoms with Crippen molar-refractivity contribution in [2.24, 2.45) is 0 Å². The average Bonchev–Trinajstić information content (AvgIpc) is 2.57. The number of halogens is 1. The van der Waals surface area contributed by atoms with Crippen molar-refractivity contribution in [2.45, 2.75) is 31.7 Å². The Morgan fingerprint density at radius 3 is 2.67 bits per heavy atom. The van der Waals surface area contributed by atoms with E-state index >= 15 is 0 Å². The Hall–Kier alpha value is -2.06. The minimum Gasteiger partial charge on any atom is -0.365 e. The summed E-state index contributed by atoms with van der Waals surface area (Å²) in [5, 5.41) is 2.03. The fourth-order valence-corrected chi connectivity index (χ4v) is 4.09. The summed E-state index contributed by atoms with van der Waals surface area (Å²) in [5.74, 6) is 0. The SMILES string of the molecule is Cc1c(Cl)cccc1C1(N(C)c2ccc3cccnc3c2)CCC1. The van der Waals surface area contributed by atoms with E-state index in [0.29, 0.717) is 0 Å². The van der Waals surface area contributed by atoms with Gasteiger partial charge in [-0.15, -0.1) is 0 Å². The van der Waals surface area contributed by atoms with Gasteiger partial charge in [-0.3, -0.25) is 4.98 Å². The first-order valence-corrected chi connectivity index (χ1v) is 8.84. The van der Waals surface area contributed by atoms with E-state index in [4.69, 9.17) is 11.6 Å². The molecule has 1 heterocycles. The van der Waals surface area contributed by atoms with E-state index in [1.807, 2.05) is 18.3 Å². The van der Waals surface area contributed by atoms with Crippen molar-refractivity contribution in [3.8, 4) is 0 Å². The molecule has 0 aliphatic heterocycles. The predicted molar refractivity (Wildman–Crippen MR) is 102 cm³/mol. The van der Waals surface area contributed by atoms with Gasteiger partial charge in [0.05, 0.1) is 11.1 Å². The first-order valence-electron chi connectivity index (χ1n) is 8.46. The molecule has 2 nitrogen and oxygen atoms in total. The monoisotopic (exact) mass is 336 g/mol. The highest BCUT2D eigenvalue weighted by Gasteiger charge is 2.43. The maximum Gasteiger partial charge on any atom is 0.0722 e. The highest BCUT2D eigenvalue weighted by Crippen LogP contribution is 2.49. The first kappa shape index (κ1) is 15.5. The summed E-state index contributed by atoms with van der Waals surface area (Å²) in [7, 11) is 2.20. The fraction of sp³-hybridized carbons (Fsp3) is 0.286. The van der Waals surface area contributed by atoms with E-state index in [1.165, 1.54) is 28.6 Å². The molecule has 24 heavy (non-hydrogen) atoms.